The largest absolute Gasteiger partial charge is 0.346 e. The molecule has 3 heterocycles. The summed E-state index contributed by atoms with van der Waals surface area (Å²) in [7, 11) is 0. The first kappa shape index (κ1) is 18.2. The average molecular weight is 377 g/mol. The molecule has 0 saturated carbocycles. The lowest BCUT2D eigenvalue weighted by Crippen LogP contribution is -2.45. The summed E-state index contributed by atoms with van der Waals surface area (Å²) in [4.78, 5) is 32.0. The fraction of sp³-hybridized carbons (Fsp3) is 0.333. The highest BCUT2D eigenvalue weighted by Gasteiger charge is 2.36. The maximum atomic E-state index is 13.2. The van der Waals surface area contributed by atoms with Gasteiger partial charge in [-0.15, -0.1) is 0 Å². The maximum absolute atomic E-state index is 13.2. The first-order valence-corrected chi connectivity index (χ1v) is 9.50. The van der Waals surface area contributed by atoms with Crippen molar-refractivity contribution < 1.29 is 4.79 Å². The van der Waals surface area contributed by atoms with Crippen LogP contribution >= 0.6 is 0 Å². The Labute approximate surface area is 163 Å². The van der Waals surface area contributed by atoms with Gasteiger partial charge in [0.05, 0.1) is 0 Å². The molecular formula is C21H23N5O2. The SMILES string of the molecule is CC(C)Cn1nc2n(c1=O)CCN(C(=O)c1ccccn1)C2c1ccccc1. The molecule has 0 aliphatic carbocycles. The summed E-state index contributed by atoms with van der Waals surface area (Å²) in [5.41, 5.74) is 1.20. The summed E-state index contributed by atoms with van der Waals surface area (Å²) < 4.78 is 3.22. The maximum Gasteiger partial charge on any atom is 0.346 e. The minimum atomic E-state index is -0.425. The van der Waals surface area contributed by atoms with Gasteiger partial charge in [0, 0.05) is 25.8 Å². The molecule has 1 aromatic carbocycles. The van der Waals surface area contributed by atoms with E-state index in [2.05, 4.69) is 23.9 Å². The number of fused-ring (bicyclic) bond motifs is 1. The van der Waals surface area contributed by atoms with Gasteiger partial charge in [0.2, 0.25) is 0 Å². The van der Waals surface area contributed by atoms with Crippen molar-refractivity contribution >= 4 is 5.91 Å². The van der Waals surface area contributed by atoms with Gasteiger partial charge in [-0.3, -0.25) is 14.3 Å². The van der Waals surface area contributed by atoms with Crippen molar-refractivity contribution in [1.29, 1.82) is 0 Å². The van der Waals surface area contributed by atoms with Crippen molar-refractivity contribution in [1.82, 2.24) is 24.2 Å². The van der Waals surface area contributed by atoms with E-state index in [0.29, 0.717) is 37.1 Å². The Balaban J connectivity index is 1.82. The van der Waals surface area contributed by atoms with Gasteiger partial charge in [0.15, 0.2) is 5.82 Å². The summed E-state index contributed by atoms with van der Waals surface area (Å²) >= 11 is 0. The van der Waals surface area contributed by atoms with Crippen molar-refractivity contribution in [3.63, 3.8) is 0 Å². The fourth-order valence-electron chi connectivity index (χ4n) is 3.63. The molecule has 1 atom stereocenters. The van der Waals surface area contributed by atoms with Crippen molar-refractivity contribution in [2.45, 2.75) is 33.0 Å². The lowest BCUT2D eigenvalue weighted by molar-refractivity contribution is 0.0651. The van der Waals surface area contributed by atoms with Crippen LogP contribution in [0.2, 0.25) is 0 Å². The Morgan fingerprint density at radius 1 is 1.11 bits per heavy atom. The lowest BCUT2D eigenvalue weighted by Gasteiger charge is -2.35. The Hall–Kier alpha value is -3.22. The zero-order valence-electron chi connectivity index (χ0n) is 16.0. The normalized spacial score (nSPS) is 16.2. The Morgan fingerprint density at radius 3 is 2.54 bits per heavy atom. The van der Waals surface area contributed by atoms with Crippen LogP contribution in [0.1, 0.15) is 41.8 Å². The molecular weight excluding hydrogens is 354 g/mol. The first-order chi connectivity index (χ1) is 13.6. The van der Waals surface area contributed by atoms with Crippen LogP contribution in [-0.4, -0.2) is 36.7 Å². The van der Waals surface area contributed by atoms with Crippen LogP contribution in [0.5, 0.6) is 0 Å². The van der Waals surface area contributed by atoms with E-state index < -0.39 is 6.04 Å². The molecule has 1 amide bonds. The number of carbonyl (C=O) groups is 1. The van der Waals surface area contributed by atoms with Gasteiger partial charge in [-0.2, -0.15) is 5.10 Å². The summed E-state index contributed by atoms with van der Waals surface area (Å²) in [6.45, 7) is 5.50. The van der Waals surface area contributed by atoms with Gasteiger partial charge in [-0.05, 0) is 23.6 Å². The van der Waals surface area contributed by atoms with Gasteiger partial charge in [0.1, 0.15) is 11.7 Å². The number of benzene rings is 1. The van der Waals surface area contributed by atoms with Crippen molar-refractivity contribution in [3.8, 4) is 0 Å². The fourth-order valence-corrected chi connectivity index (χ4v) is 3.63. The Bertz CT molecular complexity index is 1020. The predicted octanol–water partition coefficient (Wildman–Crippen LogP) is 2.34. The molecule has 0 spiro atoms. The highest BCUT2D eigenvalue weighted by Crippen LogP contribution is 2.31. The number of rotatable bonds is 4. The van der Waals surface area contributed by atoms with Crippen LogP contribution in [0.15, 0.2) is 59.5 Å². The third-order valence-corrected chi connectivity index (χ3v) is 4.87. The van der Waals surface area contributed by atoms with Gasteiger partial charge in [-0.25, -0.2) is 9.48 Å². The second-order valence-electron chi connectivity index (χ2n) is 7.40. The molecule has 0 bridgehead atoms. The molecule has 2 aromatic heterocycles. The van der Waals surface area contributed by atoms with Crippen LogP contribution < -0.4 is 5.69 Å². The van der Waals surface area contributed by atoms with Crippen LogP contribution in [0.3, 0.4) is 0 Å². The number of nitrogens with zero attached hydrogens (tertiary/aromatic N) is 5. The van der Waals surface area contributed by atoms with Crippen LogP contribution in [0.4, 0.5) is 0 Å². The third-order valence-electron chi connectivity index (χ3n) is 4.87. The minimum Gasteiger partial charge on any atom is -0.321 e. The van der Waals surface area contributed by atoms with Gasteiger partial charge >= 0.3 is 5.69 Å². The molecule has 0 N–H and O–H groups in total. The molecule has 1 aliphatic heterocycles. The summed E-state index contributed by atoms with van der Waals surface area (Å²) in [5.74, 6) is 0.745. The number of hydrogen-bond acceptors (Lipinski definition) is 4. The monoisotopic (exact) mass is 377 g/mol. The van der Waals surface area contributed by atoms with E-state index >= 15 is 0 Å². The van der Waals surface area contributed by atoms with Crippen molar-refractivity contribution in [2.24, 2.45) is 5.92 Å². The molecule has 1 unspecified atom stereocenters. The second kappa shape index (κ2) is 7.42. The number of hydrogen-bond donors (Lipinski definition) is 0. The third kappa shape index (κ3) is 3.24. The Kier molecular flexibility index (Phi) is 4.81. The lowest BCUT2D eigenvalue weighted by atomic mass is 10.0. The van der Waals surface area contributed by atoms with E-state index in [-0.39, 0.29) is 11.6 Å². The summed E-state index contributed by atoms with van der Waals surface area (Å²) in [6.07, 6.45) is 1.61. The van der Waals surface area contributed by atoms with Crippen molar-refractivity contribution in [2.75, 3.05) is 6.54 Å². The van der Waals surface area contributed by atoms with Gasteiger partial charge in [0.25, 0.3) is 5.91 Å². The zero-order valence-corrected chi connectivity index (χ0v) is 16.0. The molecule has 4 rings (SSSR count). The number of aromatic nitrogens is 4. The van der Waals surface area contributed by atoms with E-state index in [1.54, 1.807) is 33.9 Å². The van der Waals surface area contributed by atoms with Crippen LogP contribution in [0, 0.1) is 5.92 Å². The summed E-state index contributed by atoms with van der Waals surface area (Å²) in [6, 6.07) is 14.6. The molecule has 7 heteroatoms. The molecule has 7 nitrogen and oxygen atoms in total. The van der Waals surface area contributed by atoms with E-state index in [1.165, 1.54) is 4.68 Å². The standard InChI is InChI=1S/C21H23N5O2/c1-15(2)14-26-21(28)25-13-12-24(20(27)17-10-6-7-11-22-17)18(19(25)23-26)16-8-4-3-5-9-16/h3-11,15,18H,12-14H2,1-2H3. The minimum absolute atomic E-state index is 0.116. The molecule has 3 aromatic rings. The van der Waals surface area contributed by atoms with Crippen LogP contribution in [-0.2, 0) is 13.1 Å². The number of carbonyl (C=O) groups excluding carboxylic acids is 1. The number of amides is 1. The van der Waals surface area contributed by atoms with E-state index in [0.717, 1.165) is 5.56 Å². The van der Waals surface area contributed by atoms with E-state index in [4.69, 9.17) is 0 Å². The first-order valence-electron chi connectivity index (χ1n) is 9.50. The number of pyridine rings is 1. The van der Waals surface area contributed by atoms with Crippen LogP contribution in [0.25, 0.3) is 0 Å². The molecule has 0 saturated heterocycles. The quantitative estimate of drug-likeness (QED) is 0.700. The van der Waals surface area contributed by atoms with Gasteiger partial charge in [-0.1, -0.05) is 50.2 Å². The van der Waals surface area contributed by atoms with Gasteiger partial charge < -0.3 is 4.90 Å². The summed E-state index contributed by atoms with van der Waals surface area (Å²) in [5, 5.41) is 4.63. The predicted molar refractivity (Wildman–Crippen MR) is 105 cm³/mol. The molecule has 28 heavy (non-hydrogen) atoms. The second-order valence-corrected chi connectivity index (χ2v) is 7.40. The average Bonchev–Trinajstić information content (AvgIpc) is 3.03. The van der Waals surface area contributed by atoms with E-state index in [1.807, 2.05) is 30.3 Å². The van der Waals surface area contributed by atoms with Crippen molar-refractivity contribution in [3.05, 3.63) is 82.3 Å². The smallest absolute Gasteiger partial charge is 0.321 e. The van der Waals surface area contributed by atoms with E-state index in [9.17, 15) is 9.59 Å². The molecule has 0 fully saturated rings. The zero-order chi connectivity index (χ0) is 19.7. The highest BCUT2D eigenvalue weighted by molar-refractivity contribution is 5.92. The topological polar surface area (TPSA) is 73.0 Å². The highest BCUT2D eigenvalue weighted by atomic mass is 16.2. The molecule has 144 valence electrons. The Morgan fingerprint density at radius 2 is 1.86 bits per heavy atom. The molecule has 1 aliphatic rings. The molecule has 0 radical (unpaired) electrons.